The summed E-state index contributed by atoms with van der Waals surface area (Å²) in [5, 5.41) is 6.67. The Morgan fingerprint density at radius 1 is 1.59 bits per heavy atom. The molecular formula is C11H11BrN4O. The number of anilines is 1. The van der Waals surface area contributed by atoms with Crippen molar-refractivity contribution in [2.45, 2.75) is 13.5 Å². The van der Waals surface area contributed by atoms with Crippen LogP contribution in [-0.2, 0) is 11.3 Å². The van der Waals surface area contributed by atoms with Crippen LogP contribution in [0.15, 0.2) is 35.2 Å². The monoisotopic (exact) mass is 294 g/mol. The van der Waals surface area contributed by atoms with E-state index in [4.69, 9.17) is 0 Å². The van der Waals surface area contributed by atoms with E-state index in [9.17, 15) is 4.79 Å². The number of amides is 1. The molecule has 0 aliphatic rings. The minimum atomic E-state index is -0.150. The van der Waals surface area contributed by atoms with Crippen LogP contribution in [0.2, 0.25) is 0 Å². The van der Waals surface area contributed by atoms with Crippen LogP contribution in [0.1, 0.15) is 5.56 Å². The van der Waals surface area contributed by atoms with E-state index in [1.54, 1.807) is 29.3 Å². The highest BCUT2D eigenvalue weighted by atomic mass is 79.9. The van der Waals surface area contributed by atoms with Gasteiger partial charge in [-0.05, 0) is 40.5 Å². The number of hydrogen-bond donors (Lipinski definition) is 1. The molecule has 2 aromatic heterocycles. The van der Waals surface area contributed by atoms with Crippen LogP contribution < -0.4 is 5.32 Å². The normalized spacial score (nSPS) is 10.2. The Labute approximate surface area is 107 Å². The Balaban J connectivity index is 2.00. The topological polar surface area (TPSA) is 59.8 Å². The van der Waals surface area contributed by atoms with Crippen LogP contribution in [0.3, 0.4) is 0 Å². The van der Waals surface area contributed by atoms with Gasteiger partial charge in [0.05, 0.1) is 0 Å². The lowest BCUT2D eigenvalue weighted by Crippen LogP contribution is -2.19. The van der Waals surface area contributed by atoms with E-state index in [0.29, 0.717) is 5.82 Å². The van der Waals surface area contributed by atoms with E-state index in [1.807, 2.05) is 13.0 Å². The summed E-state index contributed by atoms with van der Waals surface area (Å²) in [5.41, 5.74) is 1.02. The van der Waals surface area contributed by atoms with E-state index >= 15 is 0 Å². The summed E-state index contributed by atoms with van der Waals surface area (Å²) in [6.45, 7) is 2.12. The average Bonchev–Trinajstić information content (AvgIpc) is 2.76. The molecule has 88 valence electrons. The number of aryl methyl sites for hydroxylation is 1. The van der Waals surface area contributed by atoms with Crippen molar-refractivity contribution in [3.8, 4) is 0 Å². The largest absolute Gasteiger partial charge is 0.309 e. The molecule has 0 radical (unpaired) electrons. The lowest BCUT2D eigenvalue weighted by atomic mass is 10.3. The van der Waals surface area contributed by atoms with E-state index < -0.39 is 0 Å². The highest BCUT2D eigenvalue weighted by molar-refractivity contribution is 9.10. The van der Waals surface area contributed by atoms with E-state index in [2.05, 4.69) is 31.3 Å². The van der Waals surface area contributed by atoms with Gasteiger partial charge in [0, 0.05) is 23.1 Å². The standard InChI is InChI=1S/C11H11BrN4O/c1-8-5-10(13-6-9(8)12)15-11(17)7-16-4-2-3-14-16/h2-6H,7H2,1H3,(H,13,15,17). The Kier molecular flexibility index (Phi) is 3.53. The number of nitrogens with one attached hydrogen (secondary N) is 1. The maximum Gasteiger partial charge on any atom is 0.247 e. The van der Waals surface area contributed by atoms with Gasteiger partial charge in [-0.3, -0.25) is 9.48 Å². The zero-order valence-corrected chi connectivity index (χ0v) is 10.8. The second kappa shape index (κ2) is 5.09. The van der Waals surface area contributed by atoms with Crippen LogP contribution in [0.5, 0.6) is 0 Å². The predicted octanol–water partition coefficient (Wildman–Crippen LogP) is 1.99. The Morgan fingerprint density at radius 2 is 2.41 bits per heavy atom. The molecule has 1 N–H and O–H groups in total. The zero-order chi connectivity index (χ0) is 12.3. The molecule has 0 spiro atoms. The number of nitrogens with zero attached hydrogens (tertiary/aromatic N) is 3. The quantitative estimate of drug-likeness (QED) is 0.942. The Bertz CT molecular complexity index is 524. The maximum absolute atomic E-state index is 11.7. The fraction of sp³-hybridized carbons (Fsp3) is 0.182. The molecule has 6 heteroatoms. The summed E-state index contributed by atoms with van der Waals surface area (Å²) in [6.07, 6.45) is 5.04. The van der Waals surface area contributed by atoms with Gasteiger partial charge in [-0.2, -0.15) is 5.10 Å². The Hall–Kier alpha value is -1.69. The summed E-state index contributed by atoms with van der Waals surface area (Å²) in [6, 6.07) is 3.58. The van der Waals surface area contributed by atoms with Crippen molar-refractivity contribution >= 4 is 27.7 Å². The van der Waals surface area contributed by atoms with Crippen LogP contribution in [0, 0.1) is 6.92 Å². The summed E-state index contributed by atoms with van der Waals surface area (Å²) >= 11 is 3.35. The van der Waals surface area contributed by atoms with Crippen molar-refractivity contribution in [2.75, 3.05) is 5.32 Å². The van der Waals surface area contributed by atoms with Gasteiger partial charge in [-0.15, -0.1) is 0 Å². The number of carbonyl (C=O) groups is 1. The molecule has 0 aromatic carbocycles. The van der Waals surface area contributed by atoms with Gasteiger partial charge in [0.15, 0.2) is 0 Å². The second-order valence-electron chi connectivity index (χ2n) is 3.57. The van der Waals surface area contributed by atoms with Crippen LogP contribution in [0.25, 0.3) is 0 Å². The maximum atomic E-state index is 11.7. The molecule has 0 bridgehead atoms. The molecule has 2 rings (SSSR count). The van der Waals surface area contributed by atoms with Crippen LogP contribution >= 0.6 is 15.9 Å². The molecule has 0 atom stereocenters. The SMILES string of the molecule is Cc1cc(NC(=O)Cn2cccn2)ncc1Br. The average molecular weight is 295 g/mol. The van der Waals surface area contributed by atoms with Gasteiger partial charge in [0.25, 0.3) is 0 Å². The third-order valence-electron chi connectivity index (χ3n) is 2.18. The summed E-state index contributed by atoms with van der Waals surface area (Å²) < 4.78 is 2.48. The number of rotatable bonds is 3. The van der Waals surface area contributed by atoms with Crippen molar-refractivity contribution in [2.24, 2.45) is 0 Å². The third kappa shape index (κ3) is 3.13. The fourth-order valence-electron chi connectivity index (χ4n) is 1.33. The van der Waals surface area contributed by atoms with E-state index in [1.165, 1.54) is 0 Å². The van der Waals surface area contributed by atoms with Gasteiger partial charge >= 0.3 is 0 Å². The molecule has 2 aromatic rings. The van der Waals surface area contributed by atoms with Crippen LogP contribution in [-0.4, -0.2) is 20.7 Å². The summed E-state index contributed by atoms with van der Waals surface area (Å²) in [4.78, 5) is 15.8. The molecule has 5 nitrogen and oxygen atoms in total. The van der Waals surface area contributed by atoms with Crippen molar-refractivity contribution in [1.29, 1.82) is 0 Å². The predicted molar refractivity (Wildman–Crippen MR) is 67.5 cm³/mol. The summed E-state index contributed by atoms with van der Waals surface area (Å²) in [5.74, 6) is 0.394. The first-order valence-electron chi connectivity index (χ1n) is 5.04. The number of carbonyl (C=O) groups excluding carboxylic acids is 1. The van der Waals surface area contributed by atoms with Crippen molar-refractivity contribution in [3.05, 3.63) is 40.8 Å². The van der Waals surface area contributed by atoms with Gasteiger partial charge in [-0.1, -0.05) is 0 Å². The molecule has 1 amide bonds. The smallest absolute Gasteiger partial charge is 0.247 e. The highest BCUT2D eigenvalue weighted by Crippen LogP contribution is 2.17. The van der Waals surface area contributed by atoms with Gasteiger partial charge in [-0.25, -0.2) is 4.98 Å². The molecule has 17 heavy (non-hydrogen) atoms. The zero-order valence-electron chi connectivity index (χ0n) is 9.22. The van der Waals surface area contributed by atoms with Gasteiger partial charge in [0.2, 0.25) is 5.91 Å². The van der Waals surface area contributed by atoms with Crippen molar-refractivity contribution in [3.63, 3.8) is 0 Å². The fourth-order valence-corrected chi connectivity index (χ4v) is 1.55. The molecular weight excluding hydrogens is 284 g/mol. The highest BCUT2D eigenvalue weighted by Gasteiger charge is 2.05. The lowest BCUT2D eigenvalue weighted by Gasteiger charge is -2.06. The second-order valence-corrected chi connectivity index (χ2v) is 4.42. The molecule has 0 aliphatic heterocycles. The first-order chi connectivity index (χ1) is 8.15. The molecule has 0 saturated heterocycles. The van der Waals surface area contributed by atoms with Gasteiger partial charge in [0.1, 0.15) is 12.4 Å². The van der Waals surface area contributed by atoms with Crippen molar-refractivity contribution < 1.29 is 4.79 Å². The molecule has 0 unspecified atom stereocenters. The third-order valence-corrected chi connectivity index (χ3v) is 3.01. The van der Waals surface area contributed by atoms with E-state index in [0.717, 1.165) is 10.0 Å². The number of hydrogen-bond acceptors (Lipinski definition) is 3. The minimum Gasteiger partial charge on any atom is -0.309 e. The first kappa shape index (κ1) is 11.8. The Morgan fingerprint density at radius 3 is 3.06 bits per heavy atom. The molecule has 2 heterocycles. The van der Waals surface area contributed by atoms with Crippen LogP contribution in [0.4, 0.5) is 5.82 Å². The summed E-state index contributed by atoms with van der Waals surface area (Å²) in [7, 11) is 0. The van der Waals surface area contributed by atoms with Gasteiger partial charge < -0.3 is 5.32 Å². The molecule has 0 fully saturated rings. The minimum absolute atomic E-state index is 0.150. The first-order valence-corrected chi connectivity index (χ1v) is 5.84. The number of halogens is 1. The molecule has 0 aliphatic carbocycles. The number of pyridine rings is 1. The number of aromatic nitrogens is 3. The van der Waals surface area contributed by atoms with E-state index in [-0.39, 0.29) is 12.5 Å². The molecule has 0 saturated carbocycles. The lowest BCUT2D eigenvalue weighted by molar-refractivity contribution is -0.116. The van der Waals surface area contributed by atoms with Crippen molar-refractivity contribution in [1.82, 2.24) is 14.8 Å².